The van der Waals surface area contributed by atoms with E-state index in [1.807, 2.05) is 59.2 Å². The van der Waals surface area contributed by atoms with Gasteiger partial charge < -0.3 is 14.0 Å². The van der Waals surface area contributed by atoms with Crippen molar-refractivity contribution in [3.05, 3.63) is 76.1 Å². The number of pyridine rings is 1. The molecule has 120 valence electrons. The zero-order valence-electron chi connectivity index (χ0n) is 13.1. The minimum absolute atomic E-state index is 0.0468. The van der Waals surface area contributed by atoms with Gasteiger partial charge in [-0.05, 0) is 24.1 Å². The SMILES string of the molecule is O=c1c2c(c3ccccc3n1Cc1ccccc1)OC1OCCC21. The van der Waals surface area contributed by atoms with Crippen molar-refractivity contribution in [1.82, 2.24) is 4.57 Å². The average Bonchev–Trinajstić information content (AvgIpc) is 3.20. The molecule has 2 unspecified atom stereocenters. The Morgan fingerprint density at radius 3 is 2.71 bits per heavy atom. The molecule has 0 saturated carbocycles. The number of nitrogens with zero attached hydrogens (tertiary/aromatic N) is 1. The van der Waals surface area contributed by atoms with Crippen LogP contribution in [0.15, 0.2) is 59.4 Å². The molecule has 3 heterocycles. The summed E-state index contributed by atoms with van der Waals surface area (Å²) in [5.41, 5.74) is 2.85. The number of para-hydroxylation sites is 1. The highest BCUT2D eigenvalue weighted by molar-refractivity contribution is 5.87. The van der Waals surface area contributed by atoms with Gasteiger partial charge in [-0.2, -0.15) is 0 Å². The summed E-state index contributed by atoms with van der Waals surface area (Å²) in [5.74, 6) is 0.772. The second-order valence-corrected chi connectivity index (χ2v) is 6.39. The van der Waals surface area contributed by atoms with Crippen molar-refractivity contribution in [1.29, 1.82) is 0 Å². The zero-order chi connectivity index (χ0) is 16.1. The number of benzene rings is 2. The lowest BCUT2D eigenvalue weighted by atomic mass is 9.98. The molecule has 0 aliphatic carbocycles. The standard InChI is InChI=1S/C20H17NO3/c22-19-17-15-10-11-23-20(15)24-18(17)14-8-4-5-9-16(14)21(19)12-13-6-2-1-3-7-13/h1-9,15,20H,10-12H2. The molecule has 0 N–H and O–H groups in total. The Labute approximate surface area is 139 Å². The lowest BCUT2D eigenvalue weighted by Gasteiger charge is -2.14. The fourth-order valence-corrected chi connectivity index (χ4v) is 3.85. The minimum Gasteiger partial charge on any atom is -0.463 e. The van der Waals surface area contributed by atoms with Crippen LogP contribution in [-0.2, 0) is 11.3 Å². The Bertz CT molecular complexity index is 977. The van der Waals surface area contributed by atoms with Crippen LogP contribution in [0.3, 0.4) is 0 Å². The van der Waals surface area contributed by atoms with Crippen LogP contribution in [0.1, 0.15) is 23.5 Å². The summed E-state index contributed by atoms with van der Waals surface area (Å²) in [6, 6.07) is 18.0. The maximum Gasteiger partial charge on any atom is 0.258 e. The molecule has 0 spiro atoms. The second-order valence-electron chi connectivity index (χ2n) is 6.39. The van der Waals surface area contributed by atoms with Gasteiger partial charge in [-0.1, -0.05) is 42.5 Å². The highest BCUT2D eigenvalue weighted by atomic mass is 16.7. The summed E-state index contributed by atoms with van der Waals surface area (Å²) < 4.78 is 13.5. The van der Waals surface area contributed by atoms with E-state index in [0.717, 1.165) is 34.2 Å². The molecular weight excluding hydrogens is 302 g/mol. The van der Waals surface area contributed by atoms with E-state index in [9.17, 15) is 4.79 Å². The van der Waals surface area contributed by atoms with Crippen LogP contribution in [0.2, 0.25) is 0 Å². The van der Waals surface area contributed by atoms with Crippen molar-refractivity contribution in [2.24, 2.45) is 0 Å². The van der Waals surface area contributed by atoms with Crippen LogP contribution in [0.25, 0.3) is 10.9 Å². The van der Waals surface area contributed by atoms with E-state index in [-0.39, 0.29) is 17.8 Å². The van der Waals surface area contributed by atoms with Gasteiger partial charge in [-0.25, -0.2) is 0 Å². The van der Waals surface area contributed by atoms with Crippen molar-refractivity contribution in [3.63, 3.8) is 0 Å². The zero-order valence-corrected chi connectivity index (χ0v) is 13.1. The maximum atomic E-state index is 13.2. The highest BCUT2D eigenvalue weighted by Crippen LogP contribution is 2.45. The summed E-state index contributed by atoms with van der Waals surface area (Å²) >= 11 is 0. The van der Waals surface area contributed by atoms with E-state index in [2.05, 4.69) is 0 Å². The molecule has 0 bridgehead atoms. The molecule has 1 saturated heterocycles. The van der Waals surface area contributed by atoms with Crippen LogP contribution in [0.4, 0.5) is 0 Å². The number of ether oxygens (including phenoxy) is 2. The molecule has 0 amide bonds. The Morgan fingerprint density at radius 2 is 1.83 bits per heavy atom. The van der Waals surface area contributed by atoms with Crippen molar-refractivity contribution in [2.45, 2.75) is 25.2 Å². The van der Waals surface area contributed by atoms with Gasteiger partial charge in [0.2, 0.25) is 6.29 Å². The normalized spacial score (nSPS) is 21.5. The molecule has 1 aromatic heterocycles. The Balaban J connectivity index is 1.77. The first-order valence-corrected chi connectivity index (χ1v) is 8.30. The van der Waals surface area contributed by atoms with E-state index < -0.39 is 0 Å². The van der Waals surface area contributed by atoms with Gasteiger partial charge in [0.05, 0.1) is 30.1 Å². The van der Waals surface area contributed by atoms with Gasteiger partial charge >= 0.3 is 0 Å². The first-order valence-electron chi connectivity index (χ1n) is 8.30. The van der Waals surface area contributed by atoms with Gasteiger partial charge in [0.25, 0.3) is 5.56 Å². The molecule has 4 heteroatoms. The molecule has 2 aliphatic heterocycles. The Kier molecular flexibility index (Phi) is 3.00. The topological polar surface area (TPSA) is 40.5 Å². The second kappa shape index (κ2) is 5.21. The third-order valence-electron chi connectivity index (χ3n) is 4.99. The van der Waals surface area contributed by atoms with Gasteiger partial charge in [0.15, 0.2) is 0 Å². The first-order chi connectivity index (χ1) is 11.8. The molecule has 0 radical (unpaired) electrons. The van der Waals surface area contributed by atoms with Crippen LogP contribution in [0.5, 0.6) is 5.75 Å². The molecule has 24 heavy (non-hydrogen) atoms. The fourth-order valence-electron chi connectivity index (χ4n) is 3.85. The molecule has 3 aromatic rings. The molecule has 5 rings (SSSR count). The van der Waals surface area contributed by atoms with Crippen molar-refractivity contribution < 1.29 is 9.47 Å². The van der Waals surface area contributed by atoms with Crippen molar-refractivity contribution in [2.75, 3.05) is 6.61 Å². The third-order valence-corrected chi connectivity index (χ3v) is 4.99. The van der Waals surface area contributed by atoms with Crippen molar-refractivity contribution >= 4 is 10.9 Å². The van der Waals surface area contributed by atoms with Gasteiger partial charge in [-0.3, -0.25) is 4.79 Å². The number of hydrogen-bond donors (Lipinski definition) is 0. The molecule has 2 aliphatic rings. The number of fused-ring (bicyclic) bond motifs is 5. The quantitative estimate of drug-likeness (QED) is 0.728. The molecule has 4 nitrogen and oxygen atoms in total. The van der Waals surface area contributed by atoms with Crippen LogP contribution in [0, 0.1) is 0 Å². The van der Waals surface area contributed by atoms with E-state index in [4.69, 9.17) is 9.47 Å². The molecule has 2 aromatic carbocycles. The predicted octanol–water partition coefficient (Wildman–Crippen LogP) is 3.27. The van der Waals surface area contributed by atoms with Crippen molar-refractivity contribution in [3.8, 4) is 5.75 Å². The summed E-state index contributed by atoms with van der Waals surface area (Å²) in [6.45, 7) is 1.21. The maximum absolute atomic E-state index is 13.2. The lowest BCUT2D eigenvalue weighted by Crippen LogP contribution is -2.25. The summed E-state index contributed by atoms with van der Waals surface area (Å²) in [6.07, 6.45) is 0.542. The monoisotopic (exact) mass is 319 g/mol. The molecule has 1 fully saturated rings. The van der Waals surface area contributed by atoms with E-state index in [1.54, 1.807) is 0 Å². The van der Waals surface area contributed by atoms with E-state index in [1.165, 1.54) is 0 Å². The Morgan fingerprint density at radius 1 is 1.04 bits per heavy atom. The van der Waals surface area contributed by atoms with Gasteiger partial charge in [-0.15, -0.1) is 0 Å². The number of aromatic nitrogens is 1. The summed E-state index contributed by atoms with van der Waals surface area (Å²) in [4.78, 5) is 13.2. The highest BCUT2D eigenvalue weighted by Gasteiger charge is 2.42. The molecular formula is C20H17NO3. The van der Waals surface area contributed by atoms with Gasteiger partial charge in [0, 0.05) is 5.39 Å². The van der Waals surface area contributed by atoms with Gasteiger partial charge in [0.1, 0.15) is 5.75 Å². The average molecular weight is 319 g/mol. The number of rotatable bonds is 2. The smallest absolute Gasteiger partial charge is 0.258 e. The lowest BCUT2D eigenvalue weighted by molar-refractivity contribution is -0.0330. The van der Waals surface area contributed by atoms with Crippen LogP contribution < -0.4 is 10.3 Å². The minimum atomic E-state index is -0.302. The summed E-state index contributed by atoms with van der Waals surface area (Å²) in [7, 11) is 0. The Hall–Kier alpha value is -2.59. The van der Waals surface area contributed by atoms with E-state index >= 15 is 0 Å². The fraction of sp³-hybridized carbons (Fsp3) is 0.250. The largest absolute Gasteiger partial charge is 0.463 e. The molecule has 2 atom stereocenters. The van der Waals surface area contributed by atoms with E-state index in [0.29, 0.717) is 13.2 Å². The predicted molar refractivity (Wildman–Crippen MR) is 91.5 cm³/mol. The van der Waals surface area contributed by atoms with Crippen LogP contribution in [-0.4, -0.2) is 17.5 Å². The van der Waals surface area contributed by atoms with Crippen LogP contribution >= 0.6 is 0 Å². The third kappa shape index (κ3) is 1.93. The first kappa shape index (κ1) is 13.8. The number of hydrogen-bond acceptors (Lipinski definition) is 3. The summed E-state index contributed by atoms with van der Waals surface area (Å²) in [5, 5.41) is 0.987.